The van der Waals surface area contributed by atoms with Crippen molar-refractivity contribution in [1.29, 1.82) is 0 Å². The second-order valence-corrected chi connectivity index (χ2v) is 3.97. The molecule has 0 aromatic carbocycles. The van der Waals surface area contributed by atoms with E-state index in [9.17, 15) is 5.11 Å². The van der Waals surface area contributed by atoms with Gasteiger partial charge < -0.3 is 14.8 Å². The van der Waals surface area contributed by atoms with Crippen molar-refractivity contribution in [2.45, 2.75) is 12.5 Å². The summed E-state index contributed by atoms with van der Waals surface area (Å²) in [6.45, 7) is 1.27. The first-order chi connectivity index (χ1) is 8.25. The van der Waals surface area contributed by atoms with E-state index in [-0.39, 0.29) is 0 Å². The molecule has 2 aromatic rings. The predicted molar refractivity (Wildman–Crippen MR) is 63.4 cm³/mol. The highest BCUT2D eigenvalue weighted by molar-refractivity contribution is 5.02. The Kier molecular flexibility index (Phi) is 3.95. The van der Waals surface area contributed by atoms with Crippen LogP contribution in [0.5, 0.6) is 0 Å². The minimum Gasteiger partial charge on any atom is -0.467 e. The molecule has 0 aliphatic carbocycles. The molecule has 0 spiro atoms. The molecule has 2 heterocycles. The Morgan fingerprint density at radius 2 is 2.41 bits per heavy atom. The average molecular weight is 235 g/mol. The summed E-state index contributed by atoms with van der Waals surface area (Å²) >= 11 is 0. The molecule has 0 aliphatic rings. The van der Waals surface area contributed by atoms with E-state index >= 15 is 0 Å². The van der Waals surface area contributed by atoms with Crippen LogP contribution in [0.15, 0.2) is 35.1 Å². The molecular formula is C12H17N3O2. The zero-order chi connectivity index (χ0) is 12.1. The topological polar surface area (TPSA) is 63.2 Å². The van der Waals surface area contributed by atoms with Gasteiger partial charge in [-0.25, -0.2) is 0 Å². The molecule has 0 bridgehead atoms. The summed E-state index contributed by atoms with van der Waals surface area (Å²) in [7, 11) is 1.90. The molecule has 5 heteroatoms. The van der Waals surface area contributed by atoms with Gasteiger partial charge in [-0.3, -0.25) is 4.68 Å². The standard InChI is InChI=1S/C12H17N3O2/c1-15-7-5-10(14-15)4-6-13-9-11(16)12-3-2-8-17-12/h2-3,5,7-8,11,13,16H,4,6,9H2,1H3. The third-order valence-electron chi connectivity index (χ3n) is 2.54. The van der Waals surface area contributed by atoms with Crippen LogP contribution in [0.2, 0.25) is 0 Å². The normalized spacial score (nSPS) is 12.8. The highest BCUT2D eigenvalue weighted by Gasteiger charge is 2.09. The number of aromatic nitrogens is 2. The molecule has 0 aliphatic heterocycles. The Bertz CT molecular complexity index is 436. The minimum atomic E-state index is -0.589. The van der Waals surface area contributed by atoms with E-state index in [1.54, 1.807) is 23.1 Å². The number of aliphatic hydroxyl groups excluding tert-OH is 1. The highest BCUT2D eigenvalue weighted by atomic mass is 16.4. The molecule has 2 rings (SSSR count). The van der Waals surface area contributed by atoms with Gasteiger partial charge >= 0.3 is 0 Å². The first-order valence-corrected chi connectivity index (χ1v) is 5.66. The van der Waals surface area contributed by atoms with E-state index < -0.39 is 6.10 Å². The number of aliphatic hydroxyl groups is 1. The van der Waals surface area contributed by atoms with Crippen LogP contribution >= 0.6 is 0 Å². The van der Waals surface area contributed by atoms with Gasteiger partial charge in [0.15, 0.2) is 0 Å². The van der Waals surface area contributed by atoms with Gasteiger partial charge in [0, 0.05) is 32.8 Å². The predicted octanol–water partition coefficient (Wildman–Crippen LogP) is 0.879. The zero-order valence-electron chi connectivity index (χ0n) is 9.84. The summed E-state index contributed by atoms with van der Waals surface area (Å²) in [4.78, 5) is 0. The van der Waals surface area contributed by atoms with Gasteiger partial charge in [-0.1, -0.05) is 0 Å². The molecular weight excluding hydrogens is 218 g/mol. The highest BCUT2D eigenvalue weighted by Crippen LogP contribution is 2.11. The minimum absolute atomic E-state index is 0.486. The summed E-state index contributed by atoms with van der Waals surface area (Å²) in [5.74, 6) is 0.593. The maximum Gasteiger partial charge on any atom is 0.133 e. The van der Waals surface area contributed by atoms with Gasteiger partial charge in [-0.05, 0) is 18.2 Å². The summed E-state index contributed by atoms with van der Waals surface area (Å²) in [6.07, 6.45) is 3.75. The van der Waals surface area contributed by atoms with Gasteiger partial charge in [0.1, 0.15) is 11.9 Å². The number of nitrogens with one attached hydrogen (secondary N) is 1. The molecule has 0 saturated carbocycles. The van der Waals surface area contributed by atoms with E-state index in [1.165, 1.54) is 0 Å². The van der Waals surface area contributed by atoms with Crippen molar-refractivity contribution in [3.8, 4) is 0 Å². The van der Waals surface area contributed by atoms with Crippen molar-refractivity contribution in [2.75, 3.05) is 13.1 Å². The lowest BCUT2D eigenvalue weighted by Gasteiger charge is -2.08. The fraction of sp³-hybridized carbons (Fsp3) is 0.417. The van der Waals surface area contributed by atoms with Gasteiger partial charge in [-0.2, -0.15) is 5.10 Å². The SMILES string of the molecule is Cn1ccc(CCNCC(O)c2ccco2)n1. The Balaban J connectivity index is 1.66. The molecule has 2 aromatic heterocycles. The van der Waals surface area contributed by atoms with Crippen molar-refractivity contribution in [3.05, 3.63) is 42.1 Å². The van der Waals surface area contributed by atoms with Crippen LogP contribution in [0.25, 0.3) is 0 Å². The number of hydrogen-bond acceptors (Lipinski definition) is 4. The fourth-order valence-corrected chi connectivity index (χ4v) is 1.63. The lowest BCUT2D eigenvalue weighted by atomic mass is 10.2. The van der Waals surface area contributed by atoms with E-state index in [4.69, 9.17) is 4.42 Å². The van der Waals surface area contributed by atoms with E-state index in [2.05, 4.69) is 10.4 Å². The zero-order valence-corrected chi connectivity index (χ0v) is 9.84. The van der Waals surface area contributed by atoms with Crippen LogP contribution in [0.3, 0.4) is 0 Å². The molecule has 17 heavy (non-hydrogen) atoms. The third kappa shape index (κ3) is 3.44. The number of nitrogens with zero attached hydrogens (tertiary/aromatic N) is 2. The number of aryl methyl sites for hydroxylation is 1. The molecule has 0 radical (unpaired) electrons. The van der Waals surface area contributed by atoms with E-state index in [1.807, 2.05) is 19.3 Å². The van der Waals surface area contributed by atoms with Crippen molar-refractivity contribution in [3.63, 3.8) is 0 Å². The van der Waals surface area contributed by atoms with Crippen LogP contribution in [0.1, 0.15) is 17.6 Å². The molecule has 0 amide bonds. The Morgan fingerprint density at radius 3 is 3.06 bits per heavy atom. The first-order valence-electron chi connectivity index (χ1n) is 5.66. The summed E-state index contributed by atoms with van der Waals surface area (Å²) in [5.41, 5.74) is 1.05. The largest absolute Gasteiger partial charge is 0.467 e. The Hall–Kier alpha value is -1.59. The lowest BCUT2D eigenvalue weighted by Crippen LogP contribution is -2.23. The van der Waals surface area contributed by atoms with E-state index in [0.29, 0.717) is 12.3 Å². The van der Waals surface area contributed by atoms with Crippen LogP contribution < -0.4 is 5.32 Å². The molecule has 0 fully saturated rings. The molecule has 2 N–H and O–H groups in total. The van der Waals surface area contributed by atoms with Gasteiger partial charge in [0.05, 0.1) is 12.0 Å². The average Bonchev–Trinajstić information content (AvgIpc) is 2.95. The van der Waals surface area contributed by atoms with Crippen molar-refractivity contribution < 1.29 is 9.52 Å². The number of furan rings is 1. The maximum atomic E-state index is 9.73. The van der Waals surface area contributed by atoms with Crippen molar-refractivity contribution in [2.24, 2.45) is 7.05 Å². The summed E-state index contributed by atoms with van der Waals surface area (Å²) in [5, 5.41) is 17.2. The lowest BCUT2D eigenvalue weighted by molar-refractivity contribution is 0.148. The van der Waals surface area contributed by atoms with Crippen LogP contribution in [-0.2, 0) is 13.5 Å². The molecule has 5 nitrogen and oxygen atoms in total. The molecule has 92 valence electrons. The Morgan fingerprint density at radius 1 is 1.53 bits per heavy atom. The monoisotopic (exact) mass is 235 g/mol. The Labute approximate surface area is 100 Å². The van der Waals surface area contributed by atoms with Gasteiger partial charge in [-0.15, -0.1) is 0 Å². The summed E-state index contributed by atoms with van der Waals surface area (Å²) < 4.78 is 6.89. The molecule has 1 unspecified atom stereocenters. The first kappa shape index (κ1) is 11.9. The number of hydrogen-bond donors (Lipinski definition) is 2. The number of rotatable bonds is 6. The van der Waals surface area contributed by atoms with Gasteiger partial charge in [0.25, 0.3) is 0 Å². The fourth-order valence-electron chi connectivity index (χ4n) is 1.63. The smallest absolute Gasteiger partial charge is 0.133 e. The van der Waals surface area contributed by atoms with Gasteiger partial charge in [0.2, 0.25) is 0 Å². The van der Waals surface area contributed by atoms with Crippen molar-refractivity contribution >= 4 is 0 Å². The quantitative estimate of drug-likeness (QED) is 0.730. The molecule has 0 saturated heterocycles. The van der Waals surface area contributed by atoms with Crippen molar-refractivity contribution in [1.82, 2.24) is 15.1 Å². The van der Waals surface area contributed by atoms with E-state index in [0.717, 1.165) is 18.7 Å². The second kappa shape index (κ2) is 5.65. The second-order valence-electron chi connectivity index (χ2n) is 3.97. The maximum absolute atomic E-state index is 9.73. The van der Waals surface area contributed by atoms with Crippen LogP contribution in [-0.4, -0.2) is 28.0 Å². The summed E-state index contributed by atoms with van der Waals surface area (Å²) in [6, 6.07) is 5.53. The third-order valence-corrected chi connectivity index (χ3v) is 2.54. The molecule has 1 atom stereocenters. The van der Waals surface area contributed by atoms with Crippen LogP contribution in [0, 0.1) is 0 Å². The van der Waals surface area contributed by atoms with Crippen LogP contribution in [0.4, 0.5) is 0 Å².